The van der Waals surface area contributed by atoms with Gasteiger partial charge in [-0.3, -0.25) is 4.90 Å². The molecule has 0 spiro atoms. The van der Waals surface area contributed by atoms with Gasteiger partial charge in [0, 0.05) is 13.1 Å². The number of rotatable bonds is 3. The number of amides is 2. The number of para-hydroxylation sites is 1. The number of urea groups is 1. The van der Waals surface area contributed by atoms with Crippen LogP contribution in [0.3, 0.4) is 0 Å². The molecule has 2 atom stereocenters. The lowest BCUT2D eigenvalue weighted by Crippen LogP contribution is -2.44. The molecule has 1 saturated carbocycles. The van der Waals surface area contributed by atoms with Crippen LogP contribution in [0.1, 0.15) is 36.5 Å². The van der Waals surface area contributed by atoms with Gasteiger partial charge in [0.1, 0.15) is 0 Å². The fraction of sp³-hybridized carbons (Fsp3) is 0.467. The van der Waals surface area contributed by atoms with Gasteiger partial charge in [-0.25, -0.2) is 9.59 Å². The average Bonchev–Trinajstić information content (AvgIpc) is 2.83. The molecule has 0 aromatic heterocycles. The first-order chi connectivity index (χ1) is 9.50. The molecule has 1 aromatic rings. The first kappa shape index (κ1) is 14.4. The Labute approximate surface area is 118 Å². The van der Waals surface area contributed by atoms with Crippen LogP contribution in [0.5, 0.6) is 0 Å². The Balaban J connectivity index is 2.12. The van der Waals surface area contributed by atoms with Crippen LogP contribution in [0, 0.1) is 5.92 Å². The fourth-order valence-electron chi connectivity index (χ4n) is 2.67. The molecule has 0 aliphatic heterocycles. The van der Waals surface area contributed by atoms with Gasteiger partial charge in [-0.1, -0.05) is 25.5 Å². The van der Waals surface area contributed by atoms with Gasteiger partial charge < -0.3 is 10.4 Å². The van der Waals surface area contributed by atoms with E-state index in [4.69, 9.17) is 5.11 Å². The van der Waals surface area contributed by atoms with Gasteiger partial charge in [0.25, 0.3) is 0 Å². The van der Waals surface area contributed by atoms with E-state index in [-0.39, 0.29) is 17.6 Å². The molecule has 5 heteroatoms. The predicted molar refractivity (Wildman–Crippen MR) is 77.1 cm³/mol. The van der Waals surface area contributed by atoms with Gasteiger partial charge in [0.2, 0.25) is 0 Å². The van der Waals surface area contributed by atoms with Crippen molar-refractivity contribution >= 4 is 17.7 Å². The monoisotopic (exact) mass is 276 g/mol. The Morgan fingerprint density at radius 3 is 2.60 bits per heavy atom. The summed E-state index contributed by atoms with van der Waals surface area (Å²) in [6.45, 7) is 2.13. The molecule has 5 nitrogen and oxygen atoms in total. The van der Waals surface area contributed by atoms with Crippen molar-refractivity contribution in [3.05, 3.63) is 29.8 Å². The largest absolute Gasteiger partial charge is 0.478 e. The van der Waals surface area contributed by atoms with Crippen molar-refractivity contribution in [2.24, 2.45) is 5.92 Å². The molecule has 2 N–H and O–H groups in total. The number of aromatic carboxylic acids is 1. The standard InChI is InChI=1S/C15H20N2O3/c1-10-6-5-8-12(10)16-15(20)17(2)13-9-4-3-7-11(13)14(18)19/h3-4,7,9-10,12H,5-6,8H2,1-2H3,(H,16,20)(H,18,19). The highest BCUT2D eigenvalue weighted by atomic mass is 16.4. The van der Waals surface area contributed by atoms with Crippen LogP contribution < -0.4 is 10.2 Å². The molecule has 1 fully saturated rings. The summed E-state index contributed by atoms with van der Waals surface area (Å²) in [5, 5.41) is 12.2. The molecule has 1 aliphatic rings. The maximum absolute atomic E-state index is 12.2. The summed E-state index contributed by atoms with van der Waals surface area (Å²) in [6.07, 6.45) is 3.24. The van der Waals surface area contributed by atoms with Crippen molar-refractivity contribution in [3.8, 4) is 0 Å². The molecule has 20 heavy (non-hydrogen) atoms. The first-order valence-corrected chi connectivity index (χ1v) is 6.87. The molecule has 0 radical (unpaired) electrons. The van der Waals surface area contributed by atoms with Crippen molar-refractivity contribution < 1.29 is 14.7 Å². The van der Waals surface area contributed by atoms with E-state index in [0.29, 0.717) is 11.6 Å². The second-order valence-corrected chi connectivity index (χ2v) is 5.35. The van der Waals surface area contributed by atoms with Crippen molar-refractivity contribution in [3.63, 3.8) is 0 Å². The van der Waals surface area contributed by atoms with Crippen LogP contribution in [0.15, 0.2) is 24.3 Å². The Morgan fingerprint density at radius 2 is 2.00 bits per heavy atom. The second-order valence-electron chi connectivity index (χ2n) is 5.35. The molecular weight excluding hydrogens is 256 g/mol. The van der Waals surface area contributed by atoms with E-state index in [1.807, 2.05) is 0 Å². The van der Waals surface area contributed by atoms with E-state index >= 15 is 0 Å². The fourth-order valence-corrected chi connectivity index (χ4v) is 2.67. The second kappa shape index (κ2) is 5.94. The average molecular weight is 276 g/mol. The maximum atomic E-state index is 12.2. The van der Waals surface area contributed by atoms with Gasteiger partial charge >= 0.3 is 12.0 Å². The van der Waals surface area contributed by atoms with E-state index in [2.05, 4.69) is 12.2 Å². The van der Waals surface area contributed by atoms with Gasteiger partial charge in [0.05, 0.1) is 11.3 Å². The Bertz CT molecular complexity index is 516. The molecule has 1 aliphatic carbocycles. The third-order valence-corrected chi connectivity index (χ3v) is 3.97. The van der Waals surface area contributed by atoms with Crippen molar-refractivity contribution in [2.45, 2.75) is 32.2 Å². The van der Waals surface area contributed by atoms with Crippen LogP contribution in [0.4, 0.5) is 10.5 Å². The topological polar surface area (TPSA) is 69.6 Å². The minimum atomic E-state index is -1.03. The molecule has 0 saturated heterocycles. The number of nitrogens with zero attached hydrogens (tertiary/aromatic N) is 1. The Morgan fingerprint density at radius 1 is 1.30 bits per heavy atom. The normalized spacial score (nSPS) is 21.5. The molecule has 2 amide bonds. The minimum absolute atomic E-state index is 0.129. The van der Waals surface area contributed by atoms with Crippen LogP contribution in [0.2, 0.25) is 0 Å². The third kappa shape index (κ3) is 2.92. The summed E-state index contributed by atoms with van der Waals surface area (Å²) in [6, 6.07) is 6.45. The summed E-state index contributed by atoms with van der Waals surface area (Å²) in [7, 11) is 1.59. The Hall–Kier alpha value is -2.04. The van der Waals surface area contributed by atoms with Crippen LogP contribution in [-0.2, 0) is 0 Å². The molecule has 0 bridgehead atoms. The lowest BCUT2D eigenvalue weighted by molar-refractivity contribution is 0.0697. The lowest BCUT2D eigenvalue weighted by Gasteiger charge is -2.24. The van der Waals surface area contributed by atoms with Crippen molar-refractivity contribution in [2.75, 3.05) is 11.9 Å². The third-order valence-electron chi connectivity index (χ3n) is 3.97. The number of benzene rings is 1. The number of hydrogen-bond donors (Lipinski definition) is 2. The Kier molecular flexibility index (Phi) is 4.27. The van der Waals surface area contributed by atoms with E-state index in [9.17, 15) is 9.59 Å². The van der Waals surface area contributed by atoms with Crippen LogP contribution >= 0.6 is 0 Å². The van der Waals surface area contributed by atoms with Crippen molar-refractivity contribution in [1.82, 2.24) is 5.32 Å². The molecule has 2 unspecified atom stereocenters. The zero-order valence-electron chi connectivity index (χ0n) is 11.8. The highest BCUT2D eigenvalue weighted by Gasteiger charge is 2.27. The number of carbonyl (C=O) groups is 2. The number of carbonyl (C=O) groups excluding carboxylic acids is 1. The summed E-state index contributed by atoms with van der Waals surface area (Å²) in [4.78, 5) is 24.8. The number of anilines is 1. The minimum Gasteiger partial charge on any atom is -0.478 e. The number of carboxylic acids is 1. The van der Waals surface area contributed by atoms with E-state index in [0.717, 1.165) is 19.3 Å². The van der Waals surface area contributed by atoms with Crippen LogP contribution in [-0.4, -0.2) is 30.2 Å². The highest BCUT2D eigenvalue weighted by molar-refractivity contribution is 6.01. The summed E-state index contributed by atoms with van der Waals surface area (Å²) < 4.78 is 0. The number of hydrogen-bond acceptors (Lipinski definition) is 2. The van der Waals surface area contributed by atoms with Gasteiger partial charge in [0.15, 0.2) is 0 Å². The predicted octanol–water partition coefficient (Wildman–Crippen LogP) is 2.72. The zero-order valence-corrected chi connectivity index (χ0v) is 11.8. The van der Waals surface area contributed by atoms with Crippen molar-refractivity contribution in [1.29, 1.82) is 0 Å². The molecule has 108 valence electrons. The van der Waals surface area contributed by atoms with Gasteiger partial charge in [-0.05, 0) is 30.9 Å². The molecular formula is C15H20N2O3. The molecule has 1 aromatic carbocycles. The summed E-state index contributed by atoms with van der Waals surface area (Å²) in [5.41, 5.74) is 0.535. The molecule has 0 heterocycles. The van der Waals surface area contributed by atoms with E-state index < -0.39 is 5.97 Å². The smallest absolute Gasteiger partial charge is 0.337 e. The zero-order chi connectivity index (χ0) is 14.7. The van der Waals surface area contributed by atoms with Gasteiger partial charge in [-0.15, -0.1) is 0 Å². The van der Waals surface area contributed by atoms with E-state index in [1.54, 1.807) is 25.2 Å². The van der Waals surface area contributed by atoms with E-state index in [1.165, 1.54) is 11.0 Å². The van der Waals surface area contributed by atoms with Gasteiger partial charge in [-0.2, -0.15) is 0 Å². The number of carboxylic acid groups (broad SMARTS) is 1. The lowest BCUT2D eigenvalue weighted by atomic mass is 10.1. The maximum Gasteiger partial charge on any atom is 0.337 e. The molecule has 2 rings (SSSR count). The SMILES string of the molecule is CC1CCCC1NC(=O)N(C)c1ccccc1C(=O)O. The number of nitrogens with one attached hydrogen (secondary N) is 1. The summed E-state index contributed by atoms with van der Waals surface area (Å²) in [5.74, 6) is -0.559. The summed E-state index contributed by atoms with van der Waals surface area (Å²) >= 11 is 0. The van der Waals surface area contributed by atoms with Crippen LogP contribution in [0.25, 0.3) is 0 Å². The first-order valence-electron chi connectivity index (χ1n) is 6.87. The quantitative estimate of drug-likeness (QED) is 0.891. The highest BCUT2D eigenvalue weighted by Crippen LogP contribution is 2.25.